The summed E-state index contributed by atoms with van der Waals surface area (Å²) in [5.74, 6) is 0.382. The van der Waals surface area contributed by atoms with E-state index in [1.54, 1.807) is 0 Å². The number of nitrogens with two attached hydrogens (primary N) is 1. The quantitative estimate of drug-likeness (QED) is 0.573. The molecule has 0 spiro atoms. The van der Waals surface area contributed by atoms with E-state index in [1.807, 2.05) is 6.92 Å². The maximum absolute atomic E-state index is 6.83. The average Bonchev–Trinajstić information content (AvgIpc) is 1.87. The molecule has 0 aliphatic rings. The van der Waals surface area contributed by atoms with Gasteiger partial charge in [0.05, 0.1) is 0 Å². The Balaban J connectivity index is 0. The molecule has 0 rings (SSSR count). The van der Waals surface area contributed by atoms with E-state index in [4.69, 9.17) is 11.1 Å². The summed E-state index contributed by atoms with van der Waals surface area (Å²) in [5, 5.41) is 6.83. The van der Waals surface area contributed by atoms with Gasteiger partial charge in [0.2, 0.25) is 0 Å². The third-order valence-electron chi connectivity index (χ3n) is 1.46. The average molecular weight is 370 g/mol. The van der Waals surface area contributed by atoms with Crippen molar-refractivity contribution in [1.29, 1.82) is 5.41 Å². The molecule has 0 saturated carbocycles. The van der Waals surface area contributed by atoms with Crippen LogP contribution < -0.4 is 5.73 Å². The van der Waals surface area contributed by atoms with Gasteiger partial charge in [-0.05, 0) is 0 Å². The molecule has 2 nitrogen and oxygen atoms in total. The minimum absolute atomic E-state index is 0. The van der Waals surface area contributed by atoms with E-state index >= 15 is 0 Å². The molecule has 0 unspecified atom stereocenters. The fourth-order valence-corrected chi connectivity index (χ4v) is 0.742. The van der Waals surface area contributed by atoms with Crippen molar-refractivity contribution in [1.82, 2.24) is 0 Å². The second-order valence-electron chi connectivity index (χ2n) is 2.33. The minimum Gasteiger partial charge on any atom is -0.460 e. The number of nitrogens with one attached hydrogen (secondary N) is 1. The van der Waals surface area contributed by atoms with Crippen molar-refractivity contribution < 1.29 is 14.3 Å². The van der Waals surface area contributed by atoms with Gasteiger partial charge >= 0.3 is 0 Å². The monoisotopic (exact) mass is 368 g/mol. The molecule has 3 N–H and O–H groups in total. The van der Waals surface area contributed by atoms with Gasteiger partial charge in [0.1, 0.15) is 0 Å². The van der Waals surface area contributed by atoms with Crippen molar-refractivity contribution in [3.8, 4) is 0 Å². The zero-order valence-electron chi connectivity index (χ0n) is 6.52. The molecule has 61 valence electrons. The van der Waals surface area contributed by atoms with Crippen molar-refractivity contribution in [3.05, 3.63) is 6.04 Å². The summed E-state index contributed by atoms with van der Waals surface area (Å²) in [6.07, 6.45) is 3.46. The van der Waals surface area contributed by atoms with Gasteiger partial charge in [-0.3, -0.25) is 6.04 Å². The van der Waals surface area contributed by atoms with Crippen molar-refractivity contribution in [3.63, 3.8) is 0 Å². The molecule has 0 fully saturated rings. The molecule has 0 heterocycles. The molecule has 10 heavy (non-hydrogen) atoms. The van der Waals surface area contributed by atoms with E-state index < -0.39 is 0 Å². The van der Waals surface area contributed by atoms with Crippen LogP contribution in [0.3, 0.4) is 0 Å². The molecule has 3 heteroatoms. The SMILES string of the molecule is CCC[C@H](C)[C-](N)C=N.[Am]. The van der Waals surface area contributed by atoms with Crippen LogP contribution in [0.25, 0.3) is 0 Å². The molecule has 0 saturated heterocycles. The smallest absolute Gasteiger partial charge is 0 e. The van der Waals surface area contributed by atoms with Crippen LogP contribution in [0.5, 0.6) is 0 Å². The first-order valence-corrected chi connectivity index (χ1v) is 3.35. The molecule has 0 aromatic rings. The Morgan fingerprint density at radius 2 is 2.20 bits per heavy atom. The van der Waals surface area contributed by atoms with E-state index in [1.165, 1.54) is 6.21 Å². The van der Waals surface area contributed by atoms with Crippen molar-refractivity contribution >= 4 is 6.21 Å². The Morgan fingerprint density at radius 1 is 1.70 bits per heavy atom. The van der Waals surface area contributed by atoms with Crippen LogP contribution in [-0.4, -0.2) is 6.21 Å². The standard InChI is InChI=1S/C7H15N2.Am/c1-3-4-6(2)7(9)5-8;/h5-6,8H,3-4,9H2,1-2H3;/q-1;/t6-;/m0./s1. The Morgan fingerprint density at radius 3 is 2.50 bits per heavy atom. The molecular weight excluding hydrogens is 355 g/mol. The molecule has 0 aromatic carbocycles. The first-order chi connectivity index (χ1) is 4.22. The van der Waals surface area contributed by atoms with E-state index in [-0.39, 0.29) is 14.3 Å². The van der Waals surface area contributed by atoms with Gasteiger partial charge in [-0.15, -0.1) is 12.1 Å². The summed E-state index contributed by atoms with van der Waals surface area (Å²) in [5.41, 5.74) is 5.48. The maximum Gasteiger partial charge on any atom is 0 e. The molecule has 1 radical (unpaired) electrons. The predicted octanol–water partition coefficient (Wildman–Crippen LogP) is 1.56. The predicted molar refractivity (Wildman–Crippen MR) is 40.3 cm³/mol. The minimum atomic E-state index is 0. The van der Waals surface area contributed by atoms with E-state index in [0.29, 0.717) is 12.0 Å². The third kappa shape index (κ3) is 4.74. The first-order valence-electron chi connectivity index (χ1n) is 3.35. The molecule has 0 aliphatic heterocycles. The van der Waals surface area contributed by atoms with Crippen LogP contribution in [0.4, 0.5) is 0 Å². The fourth-order valence-electron chi connectivity index (χ4n) is 0.742. The van der Waals surface area contributed by atoms with E-state index in [0.717, 1.165) is 12.8 Å². The fraction of sp³-hybridized carbons (Fsp3) is 0.714. The van der Waals surface area contributed by atoms with Crippen LogP contribution in [0.15, 0.2) is 0 Å². The van der Waals surface area contributed by atoms with Crippen LogP contribution >= 0.6 is 0 Å². The zero-order valence-corrected chi connectivity index (χ0v) is 9.67. The zero-order chi connectivity index (χ0) is 7.28. The second-order valence-corrected chi connectivity index (χ2v) is 2.33. The van der Waals surface area contributed by atoms with Crippen molar-refractivity contribution in [2.45, 2.75) is 26.7 Å². The third-order valence-corrected chi connectivity index (χ3v) is 1.46. The topological polar surface area (TPSA) is 49.9 Å². The van der Waals surface area contributed by atoms with Gasteiger partial charge in [-0.2, -0.15) is 0 Å². The summed E-state index contributed by atoms with van der Waals surface area (Å²) >= 11 is 0. The van der Waals surface area contributed by atoms with Crippen molar-refractivity contribution in [2.24, 2.45) is 11.7 Å². The Hall–Kier alpha value is -0.110. The normalized spacial score (nSPS) is 11.5. The summed E-state index contributed by atoms with van der Waals surface area (Å²) in [6, 6.07) is 0.692. The molecule has 0 aliphatic carbocycles. The van der Waals surface area contributed by atoms with Gasteiger partial charge in [0, 0.05) is 14.3 Å². The van der Waals surface area contributed by atoms with Gasteiger partial charge < -0.3 is 11.1 Å². The van der Waals surface area contributed by atoms with Crippen LogP contribution in [0.2, 0.25) is 0 Å². The molecule has 0 amide bonds. The molecule has 0 aromatic heterocycles. The Kier molecular flexibility index (Phi) is 8.79. The van der Waals surface area contributed by atoms with Gasteiger partial charge in [0.15, 0.2) is 0 Å². The number of hydrogen-bond acceptors (Lipinski definition) is 2. The number of rotatable bonds is 4. The van der Waals surface area contributed by atoms with E-state index in [9.17, 15) is 0 Å². The summed E-state index contributed by atoms with van der Waals surface area (Å²) in [4.78, 5) is 0. The van der Waals surface area contributed by atoms with Gasteiger partial charge in [-0.1, -0.05) is 26.7 Å². The summed E-state index contributed by atoms with van der Waals surface area (Å²) in [6.45, 7) is 4.16. The molecule has 0 bridgehead atoms. The summed E-state index contributed by atoms with van der Waals surface area (Å²) < 4.78 is 0. The molecular formula is C7H15AmN2-. The van der Waals surface area contributed by atoms with Crippen molar-refractivity contribution in [2.75, 3.05) is 0 Å². The van der Waals surface area contributed by atoms with E-state index in [2.05, 4.69) is 6.92 Å². The summed E-state index contributed by atoms with van der Waals surface area (Å²) in [7, 11) is 0. The van der Waals surface area contributed by atoms with Gasteiger partial charge in [-0.25, -0.2) is 0 Å². The number of hydrogen-bond donors (Lipinski definition) is 2. The Labute approximate surface area is 70.9 Å². The Bertz CT molecular complexity index is 85.7. The van der Waals surface area contributed by atoms with Crippen LogP contribution in [0.1, 0.15) is 26.7 Å². The maximum atomic E-state index is 6.83. The molecule has 1 atom stereocenters. The largest absolute Gasteiger partial charge is 0.460 e. The second kappa shape index (κ2) is 7.00. The van der Waals surface area contributed by atoms with Crippen LogP contribution in [-0.2, 0) is 0 Å². The van der Waals surface area contributed by atoms with Crippen LogP contribution in [0, 0.1) is 31.7 Å². The van der Waals surface area contributed by atoms with Gasteiger partial charge in [0.25, 0.3) is 0 Å². The first kappa shape index (κ1) is 12.6.